The lowest BCUT2D eigenvalue weighted by Gasteiger charge is -2.25. The van der Waals surface area contributed by atoms with E-state index in [1.54, 1.807) is 18.2 Å². The minimum Gasteiger partial charge on any atom is -0.488 e. The fourth-order valence-corrected chi connectivity index (χ4v) is 3.43. The lowest BCUT2D eigenvalue weighted by Crippen LogP contribution is -2.36. The highest BCUT2D eigenvalue weighted by molar-refractivity contribution is 5.92. The van der Waals surface area contributed by atoms with Crippen molar-refractivity contribution in [3.63, 3.8) is 0 Å². The Hall–Kier alpha value is -2.63. The van der Waals surface area contributed by atoms with Crippen molar-refractivity contribution in [3.05, 3.63) is 70.8 Å². The second-order valence-electron chi connectivity index (χ2n) is 6.49. The number of fused-ring (bicyclic) bond motifs is 2. The van der Waals surface area contributed by atoms with Crippen LogP contribution in [0.1, 0.15) is 27.0 Å². The molecule has 0 saturated carbocycles. The van der Waals surface area contributed by atoms with E-state index < -0.39 is 5.97 Å². The maximum absolute atomic E-state index is 11.4. The molecule has 0 spiro atoms. The molecule has 0 atom stereocenters. The molecule has 4 rings (SSSR count). The molecule has 26 heavy (non-hydrogen) atoms. The Labute approximate surface area is 152 Å². The first-order chi connectivity index (χ1) is 12.7. The van der Waals surface area contributed by atoms with E-state index in [4.69, 9.17) is 9.47 Å². The van der Waals surface area contributed by atoms with Crippen LogP contribution in [0.2, 0.25) is 0 Å². The van der Waals surface area contributed by atoms with E-state index in [1.807, 2.05) is 12.1 Å². The van der Waals surface area contributed by atoms with Gasteiger partial charge in [-0.1, -0.05) is 30.3 Å². The molecule has 2 aliphatic rings. The zero-order chi connectivity index (χ0) is 17.9. The van der Waals surface area contributed by atoms with Crippen LogP contribution in [-0.4, -0.2) is 48.8 Å². The van der Waals surface area contributed by atoms with E-state index in [0.29, 0.717) is 6.61 Å². The van der Waals surface area contributed by atoms with Crippen molar-refractivity contribution in [1.82, 2.24) is 4.90 Å². The van der Waals surface area contributed by atoms with Crippen LogP contribution in [0.5, 0.6) is 5.75 Å². The van der Waals surface area contributed by atoms with Crippen LogP contribution < -0.4 is 4.74 Å². The Balaban J connectivity index is 1.79. The number of carboxylic acid groups (broad SMARTS) is 1. The van der Waals surface area contributed by atoms with Crippen molar-refractivity contribution in [2.45, 2.75) is 6.61 Å². The third-order valence-electron chi connectivity index (χ3n) is 4.86. The summed E-state index contributed by atoms with van der Waals surface area (Å²) >= 11 is 0. The zero-order valence-electron chi connectivity index (χ0n) is 14.5. The van der Waals surface area contributed by atoms with E-state index in [0.717, 1.165) is 60.9 Å². The van der Waals surface area contributed by atoms with E-state index in [9.17, 15) is 9.90 Å². The Bertz CT molecular complexity index is 853. The molecule has 2 aliphatic heterocycles. The van der Waals surface area contributed by atoms with E-state index in [2.05, 4.69) is 23.1 Å². The van der Waals surface area contributed by atoms with Gasteiger partial charge in [0.1, 0.15) is 12.4 Å². The molecule has 2 aromatic carbocycles. The number of rotatable bonds is 3. The monoisotopic (exact) mass is 351 g/mol. The van der Waals surface area contributed by atoms with Gasteiger partial charge in [0.05, 0.1) is 18.8 Å². The third-order valence-corrected chi connectivity index (χ3v) is 4.86. The number of benzene rings is 2. The van der Waals surface area contributed by atoms with Gasteiger partial charge in [-0.15, -0.1) is 0 Å². The summed E-state index contributed by atoms with van der Waals surface area (Å²) in [4.78, 5) is 13.8. The molecular formula is C21H21NO4. The molecule has 1 N–H and O–H groups in total. The Morgan fingerprint density at radius 3 is 2.73 bits per heavy atom. The summed E-state index contributed by atoms with van der Waals surface area (Å²) in [6.45, 7) is 4.59. The number of nitrogens with zero attached hydrogens (tertiary/aromatic N) is 1. The predicted octanol–water partition coefficient (Wildman–Crippen LogP) is 3.04. The lowest BCUT2D eigenvalue weighted by atomic mass is 9.93. The SMILES string of the molecule is O=C(O)c1ccc2c(c1)C(=CCN1CCOCC1)c1ccccc1CO2. The van der Waals surface area contributed by atoms with Crippen LogP contribution in [0, 0.1) is 0 Å². The van der Waals surface area contributed by atoms with E-state index in [1.165, 1.54) is 0 Å². The summed E-state index contributed by atoms with van der Waals surface area (Å²) in [7, 11) is 0. The topological polar surface area (TPSA) is 59.0 Å². The molecule has 5 nitrogen and oxygen atoms in total. The van der Waals surface area contributed by atoms with E-state index in [-0.39, 0.29) is 5.56 Å². The first-order valence-corrected chi connectivity index (χ1v) is 8.81. The summed E-state index contributed by atoms with van der Waals surface area (Å²) in [5.74, 6) is -0.211. The summed E-state index contributed by atoms with van der Waals surface area (Å²) in [5.41, 5.74) is 4.34. The van der Waals surface area contributed by atoms with Crippen molar-refractivity contribution in [3.8, 4) is 5.75 Å². The molecule has 2 heterocycles. The van der Waals surface area contributed by atoms with Gasteiger partial charge in [-0.2, -0.15) is 0 Å². The second kappa shape index (κ2) is 7.32. The van der Waals surface area contributed by atoms with Crippen LogP contribution in [-0.2, 0) is 11.3 Å². The standard InChI is InChI=1S/C21H21NO4/c23-21(24)15-5-6-20-19(13-15)18(7-8-22-9-11-25-12-10-22)17-4-2-1-3-16(17)14-26-20/h1-7,13H,8-12,14H2,(H,23,24). The Morgan fingerprint density at radius 1 is 1.12 bits per heavy atom. The molecule has 1 fully saturated rings. The van der Waals surface area contributed by atoms with Crippen molar-refractivity contribution in [2.75, 3.05) is 32.8 Å². The number of carbonyl (C=O) groups is 1. The smallest absolute Gasteiger partial charge is 0.335 e. The average Bonchev–Trinajstić information content (AvgIpc) is 2.83. The maximum atomic E-state index is 11.4. The Kier molecular flexibility index (Phi) is 4.73. The van der Waals surface area contributed by atoms with Gasteiger partial charge in [0.25, 0.3) is 0 Å². The average molecular weight is 351 g/mol. The zero-order valence-corrected chi connectivity index (χ0v) is 14.5. The van der Waals surface area contributed by atoms with Crippen LogP contribution >= 0.6 is 0 Å². The molecule has 1 saturated heterocycles. The molecule has 134 valence electrons. The van der Waals surface area contributed by atoms with Gasteiger partial charge in [0.2, 0.25) is 0 Å². The van der Waals surface area contributed by atoms with E-state index >= 15 is 0 Å². The summed E-state index contributed by atoms with van der Waals surface area (Å²) in [5, 5.41) is 9.39. The van der Waals surface area contributed by atoms with Crippen LogP contribution in [0.3, 0.4) is 0 Å². The molecular weight excluding hydrogens is 330 g/mol. The molecule has 0 bridgehead atoms. The van der Waals surface area contributed by atoms with Gasteiger partial charge in [-0.3, -0.25) is 4.90 Å². The van der Waals surface area contributed by atoms with Gasteiger partial charge in [-0.25, -0.2) is 4.79 Å². The number of aromatic carboxylic acids is 1. The molecule has 0 aromatic heterocycles. The largest absolute Gasteiger partial charge is 0.488 e. The minimum absolute atomic E-state index is 0.268. The molecule has 5 heteroatoms. The van der Waals surface area contributed by atoms with Gasteiger partial charge in [0.15, 0.2) is 0 Å². The molecule has 0 aliphatic carbocycles. The lowest BCUT2D eigenvalue weighted by molar-refractivity contribution is 0.0435. The van der Waals surface area contributed by atoms with Crippen LogP contribution in [0.4, 0.5) is 0 Å². The highest BCUT2D eigenvalue weighted by atomic mass is 16.5. The third kappa shape index (κ3) is 3.36. The quantitative estimate of drug-likeness (QED) is 0.921. The van der Waals surface area contributed by atoms with Gasteiger partial charge in [-0.05, 0) is 34.9 Å². The highest BCUT2D eigenvalue weighted by Gasteiger charge is 2.21. The summed E-state index contributed by atoms with van der Waals surface area (Å²) in [6, 6.07) is 13.2. The normalized spacial score (nSPS) is 18.5. The highest BCUT2D eigenvalue weighted by Crippen LogP contribution is 2.37. The predicted molar refractivity (Wildman–Crippen MR) is 98.5 cm³/mol. The van der Waals surface area contributed by atoms with Crippen LogP contribution in [0.25, 0.3) is 5.57 Å². The van der Waals surface area contributed by atoms with Gasteiger partial charge < -0.3 is 14.6 Å². The minimum atomic E-state index is -0.933. The molecule has 0 radical (unpaired) electrons. The maximum Gasteiger partial charge on any atom is 0.335 e. The number of ether oxygens (including phenoxy) is 2. The molecule has 0 amide bonds. The first-order valence-electron chi connectivity index (χ1n) is 8.81. The van der Waals surface area contributed by atoms with Crippen molar-refractivity contribution < 1.29 is 19.4 Å². The second-order valence-corrected chi connectivity index (χ2v) is 6.49. The fourth-order valence-electron chi connectivity index (χ4n) is 3.43. The van der Waals surface area contributed by atoms with Crippen LogP contribution in [0.15, 0.2) is 48.5 Å². The summed E-state index contributed by atoms with van der Waals surface area (Å²) < 4.78 is 11.4. The fraction of sp³-hybridized carbons (Fsp3) is 0.286. The molecule has 2 aromatic rings. The number of morpholine rings is 1. The summed E-state index contributed by atoms with van der Waals surface area (Å²) in [6.07, 6.45) is 2.18. The number of carboxylic acids is 1. The van der Waals surface area contributed by atoms with Crippen molar-refractivity contribution in [2.24, 2.45) is 0 Å². The van der Waals surface area contributed by atoms with Crippen molar-refractivity contribution >= 4 is 11.5 Å². The van der Waals surface area contributed by atoms with Crippen molar-refractivity contribution in [1.29, 1.82) is 0 Å². The Morgan fingerprint density at radius 2 is 1.92 bits per heavy atom. The first kappa shape index (κ1) is 16.8. The van der Waals surface area contributed by atoms with Gasteiger partial charge in [0, 0.05) is 25.2 Å². The molecule has 0 unspecified atom stereocenters. The van der Waals surface area contributed by atoms with Gasteiger partial charge >= 0.3 is 5.97 Å². The number of hydrogen-bond donors (Lipinski definition) is 1. The number of hydrogen-bond acceptors (Lipinski definition) is 4.